The van der Waals surface area contributed by atoms with Crippen LogP contribution in [0.3, 0.4) is 0 Å². The van der Waals surface area contributed by atoms with Gasteiger partial charge in [0.05, 0.1) is 35.7 Å². The van der Waals surface area contributed by atoms with Crippen LogP contribution in [-0.2, 0) is 12.6 Å². The molecule has 0 N–H and O–H groups in total. The SMILES string of the molecule is COc1cc([N+](=O)[O-])c2nccc(C)c2c1OCCCCCc1cccc(C(F)(F)F)c1. The predicted octanol–water partition coefficient (Wildman–Crippen LogP) is 6.27. The first-order chi connectivity index (χ1) is 15.2. The average molecular weight is 448 g/mol. The van der Waals surface area contributed by atoms with Gasteiger partial charge in [0.1, 0.15) is 0 Å². The van der Waals surface area contributed by atoms with Gasteiger partial charge < -0.3 is 9.47 Å². The second kappa shape index (κ2) is 9.84. The van der Waals surface area contributed by atoms with Crippen LogP contribution < -0.4 is 9.47 Å². The van der Waals surface area contributed by atoms with Crippen LogP contribution >= 0.6 is 0 Å². The van der Waals surface area contributed by atoms with Crippen molar-refractivity contribution in [2.75, 3.05) is 13.7 Å². The first kappa shape index (κ1) is 23.3. The molecule has 0 fully saturated rings. The molecule has 0 atom stereocenters. The van der Waals surface area contributed by atoms with Gasteiger partial charge in [0.15, 0.2) is 17.0 Å². The highest BCUT2D eigenvalue weighted by Crippen LogP contribution is 2.42. The number of nitro benzene ring substituents is 1. The third kappa shape index (κ3) is 5.27. The number of hydrogen-bond acceptors (Lipinski definition) is 5. The number of methoxy groups -OCH3 is 1. The van der Waals surface area contributed by atoms with E-state index in [1.54, 1.807) is 12.1 Å². The summed E-state index contributed by atoms with van der Waals surface area (Å²) >= 11 is 0. The number of aryl methyl sites for hydroxylation is 2. The fourth-order valence-electron chi connectivity index (χ4n) is 3.54. The number of unbranched alkanes of at least 4 members (excludes halogenated alkanes) is 2. The van der Waals surface area contributed by atoms with Gasteiger partial charge >= 0.3 is 6.18 Å². The summed E-state index contributed by atoms with van der Waals surface area (Å²) in [6.07, 6.45) is -0.168. The first-order valence-corrected chi connectivity index (χ1v) is 10.1. The molecule has 170 valence electrons. The molecule has 1 heterocycles. The van der Waals surface area contributed by atoms with Crippen LogP contribution in [-0.4, -0.2) is 23.6 Å². The van der Waals surface area contributed by atoms with Gasteiger partial charge in [0.2, 0.25) is 0 Å². The van der Waals surface area contributed by atoms with Gasteiger partial charge in [-0.2, -0.15) is 13.2 Å². The van der Waals surface area contributed by atoms with Crippen molar-refractivity contribution < 1.29 is 27.6 Å². The van der Waals surface area contributed by atoms with E-state index in [2.05, 4.69) is 4.98 Å². The molecule has 0 saturated heterocycles. The number of halogens is 3. The van der Waals surface area contributed by atoms with E-state index < -0.39 is 16.7 Å². The molecule has 3 rings (SSSR count). The molecule has 0 aliphatic carbocycles. The number of fused-ring (bicyclic) bond motifs is 1. The van der Waals surface area contributed by atoms with E-state index in [1.807, 2.05) is 6.92 Å². The van der Waals surface area contributed by atoms with Crippen LogP contribution in [0.5, 0.6) is 11.5 Å². The predicted molar refractivity (Wildman–Crippen MR) is 114 cm³/mol. The van der Waals surface area contributed by atoms with Crippen LogP contribution in [0.15, 0.2) is 42.6 Å². The minimum absolute atomic E-state index is 0.158. The molecule has 3 aromatic rings. The van der Waals surface area contributed by atoms with Crippen LogP contribution in [0, 0.1) is 17.0 Å². The molecular weight excluding hydrogens is 425 g/mol. The molecule has 0 bridgehead atoms. The van der Waals surface area contributed by atoms with Crippen molar-refractivity contribution in [2.24, 2.45) is 0 Å². The van der Waals surface area contributed by atoms with Gasteiger partial charge in [-0.15, -0.1) is 0 Å². The molecule has 0 unspecified atom stereocenters. The Balaban J connectivity index is 1.64. The van der Waals surface area contributed by atoms with E-state index in [1.165, 1.54) is 31.5 Å². The lowest BCUT2D eigenvalue weighted by atomic mass is 10.0. The minimum Gasteiger partial charge on any atom is -0.493 e. The summed E-state index contributed by atoms with van der Waals surface area (Å²) in [7, 11) is 1.42. The summed E-state index contributed by atoms with van der Waals surface area (Å²) in [5.74, 6) is 0.654. The standard InChI is InChI=1S/C23H23F3N2O4/c1-15-10-11-27-21-18(28(29)30)14-19(31-2)22(20(15)21)32-12-5-3-4-7-16-8-6-9-17(13-16)23(24,25)26/h6,8-11,13-14H,3-5,7,12H2,1-2H3. The Kier molecular flexibility index (Phi) is 7.17. The van der Waals surface area contributed by atoms with Crippen molar-refractivity contribution in [3.05, 3.63) is 69.4 Å². The fraction of sp³-hybridized carbons (Fsp3) is 0.348. The zero-order chi connectivity index (χ0) is 23.3. The number of pyridine rings is 1. The molecule has 2 aromatic carbocycles. The molecule has 0 aliphatic rings. The zero-order valence-corrected chi connectivity index (χ0v) is 17.7. The molecule has 0 spiro atoms. The second-order valence-electron chi connectivity index (χ2n) is 7.39. The number of nitrogens with zero attached hydrogens (tertiary/aromatic N) is 2. The maximum absolute atomic E-state index is 12.8. The quantitative estimate of drug-likeness (QED) is 0.219. The summed E-state index contributed by atoms with van der Waals surface area (Å²) in [5, 5.41) is 12.0. The van der Waals surface area contributed by atoms with Crippen LogP contribution in [0.1, 0.15) is 36.0 Å². The smallest absolute Gasteiger partial charge is 0.416 e. The molecule has 0 aliphatic heterocycles. The maximum Gasteiger partial charge on any atom is 0.416 e. The van der Waals surface area contributed by atoms with Crippen molar-refractivity contribution in [3.8, 4) is 11.5 Å². The Morgan fingerprint density at radius 3 is 2.59 bits per heavy atom. The van der Waals surface area contributed by atoms with Crippen LogP contribution in [0.2, 0.25) is 0 Å². The summed E-state index contributed by atoms with van der Waals surface area (Å²) in [6, 6.07) is 8.40. The number of rotatable bonds is 9. The highest BCUT2D eigenvalue weighted by Gasteiger charge is 2.30. The van der Waals surface area contributed by atoms with Crippen LogP contribution in [0.4, 0.5) is 18.9 Å². The molecular formula is C23H23F3N2O4. The monoisotopic (exact) mass is 448 g/mol. The highest BCUT2D eigenvalue weighted by molar-refractivity contribution is 5.96. The summed E-state index contributed by atoms with van der Waals surface area (Å²) in [6.45, 7) is 2.15. The Labute approximate surface area is 183 Å². The molecule has 32 heavy (non-hydrogen) atoms. The number of non-ortho nitro benzene ring substituents is 1. The molecule has 1 aromatic heterocycles. The first-order valence-electron chi connectivity index (χ1n) is 10.1. The van der Waals surface area contributed by atoms with Crippen LogP contribution in [0.25, 0.3) is 10.9 Å². The van der Waals surface area contributed by atoms with Crippen molar-refractivity contribution >= 4 is 16.6 Å². The highest BCUT2D eigenvalue weighted by atomic mass is 19.4. The number of aromatic nitrogens is 1. The van der Waals surface area contributed by atoms with Crippen molar-refractivity contribution in [1.82, 2.24) is 4.98 Å². The van der Waals surface area contributed by atoms with Crippen molar-refractivity contribution in [3.63, 3.8) is 0 Å². The number of hydrogen-bond donors (Lipinski definition) is 0. The zero-order valence-electron chi connectivity index (χ0n) is 17.7. The fourth-order valence-corrected chi connectivity index (χ4v) is 3.54. The van der Waals surface area contributed by atoms with E-state index in [0.29, 0.717) is 42.6 Å². The summed E-state index contributed by atoms with van der Waals surface area (Å²) in [5.41, 5.74) is 0.853. The lowest BCUT2D eigenvalue weighted by Gasteiger charge is -2.15. The largest absolute Gasteiger partial charge is 0.493 e. The van der Waals surface area contributed by atoms with E-state index in [0.717, 1.165) is 18.1 Å². The normalized spacial score (nSPS) is 11.5. The topological polar surface area (TPSA) is 74.5 Å². The Hall–Kier alpha value is -3.36. The van der Waals surface area contributed by atoms with Gasteiger partial charge in [0, 0.05) is 6.20 Å². The second-order valence-corrected chi connectivity index (χ2v) is 7.39. The Morgan fingerprint density at radius 1 is 1.12 bits per heavy atom. The third-order valence-corrected chi connectivity index (χ3v) is 5.15. The molecule has 0 saturated carbocycles. The summed E-state index contributed by atoms with van der Waals surface area (Å²) in [4.78, 5) is 15.1. The maximum atomic E-state index is 12.8. The van der Waals surface area contributed by atoms with Gasteiger partial charge in [-0.25, -0.2) is 4.98 Å². The van der Waals surface area contributed by atoms with E-state index in [4.69, 9.17) is 9.47 Å². The average Bonchev–Trinajstić information content (AvgIpc) is 2.75. The summed E-state index contributed by atoms with van der Waals surface area (Å²) < 4.78 is 49.7. The lowest BCUT2D eigenvalue weighted by Crippen LogP contribution is -2.05. The van der Waals surface area contributed by atoms with Gasteiger partial charge in [-0.3, -0.25) is 10.1 Å². The molecule has 6 nitrogen and oxygen atoms in total. The van der Waals surface area contributed by atoms with Crippen molar-refractivity contribution in [1.29, 1.82) is 0 Å². The Bertz CT molecular complexity index is 1120. The van der Waals surface area contributed by atoms with Crippen molar-refractivity contribution in [2.45, 2.75) is 38.8 Å². The molecule has 0 amide bonds. The van der Waals surface area contributed by atoms with Gasteiger partial charge in [-0.05, 0) is 55.9 Å². The molecule has 0 radical (unpaired) electrons. The van der Waals surface area contributed by atoms with E-state index >= 15 is 0 Å². The lowest BCUT2D eigenvalue weighted by molar-refractivity contribution is -0.383. The number of nitro groups is 1. The number of ether oxygens (including phenoxy) is 2. The van der Waals surface area contributed by atoms with E-state index in [-0.39, 0.29) is 17.0 Å². The van der Waals surface area contributed by atoms with Gasteiger partial charge in [0.25, 0.3) is 5.69 Å². The minimum atomic E-state index is -4.34. The molecule has 9 heteroatoms. The third-order valence-electron chi connectivity index (χ3n) is 5.15. The number of benzene rings is 2. The number of alkyl halides is 3. The van der Waals surface area contributed by atoms with E-state index in [9.17, 15) is 23.3 Å². The Morgan fingerprint density at radius 2 is 1.91 bits per heavy atom. The van der Waals surface area contributed by atoms with Gasteiger partial charge in [-0.1, -0.05) is 18.2 Å².